The van der Waals surface area contributed by atoms with Gasteiger partial charge in [-0.2, -0.15) is 0 Å². The van der Waals surface area contributed by atoms with Crippen molar-refractivity contribution in [3.8, 4) is 0 Å². The standard InChI is InChI=1S/C18H26N2S/c1-5-7-16-17(12-19-6-2)21-18(20-16)11-15-9-8-13(3)14(4)10-15/h8-10,19H,5-7,11-12H2,1-4H3. The summed E-state index contributed by atoms with van der Waals surface area (Å²) in [7, 11) is 0. The first-order chi connectivity index (χ1) is 10.1. The third kappa shape index (κ3) is 4.39. The molecule has 114 valence electrons. The largest absolute Gasteiger partial charge is 0.312 e. The first-order valence-corrected chi connectivity index (χ1v) is 8.70. The van der Waals surface area contributed by atoms with E-state index in [0.717, 1.165) is 32.4 Å². The number of nitrogens with one attached hydrogen (secondary N) is 1. The predicted molar refractivity (Wildman–Crippen MR) is 92.2 cm³/mol. The van der Waals surface area contributed by atoms with Crippen LogP contribution in [0.1, 0.15) is 52.5 Å². The number of benzene rings is 1. The van der Waals surface area contributed by atoms with Crippen molar-refractivity contribution in [2.24, 2.45) is 0 Å². The van der Waals surface area contributed by atoms with Crippen LogP contribution in [-0.4, -0.2) is 11.5 Å². The Kier molecular flexibility index (Phi) is 5.95. The summed E-state index contributed by atoms with van der Waals surface area (Å²) in [5.74, 6) is 0. The van der Waals surface area contributed by atoms with Gasteiger partial charge in [0.1, 0.15) is 0 Å². The molecule has 1 aromatic carbocycles. The highest BCUT2D eigenvalue weighted by Crippen LogP contribution is 2.23. The van der Waals surface area contributed by atoms with Gasteiger partial charge in [-0.25, -0.2) is 4.98 Å². The number of nitrogens with zero attached hydrogens (tertiary/aromatic N) is 1. The molecule has 2 aromatic rings. The quantitative estimate of drug-likeness (QED) is 0.819. The second kappa shape index (κ2) is 7.71. The van der Waals surface area contributed by atoms with Crippen LogP contribution in [-0.2, 0) is 19.4 Å². The van der Waals surface area contributed by atoms with Crippen molar-refractivity contribution in [1.82, 2.24) is 10.3 Å². The van der Waals surface area contributed by atoms with Crippen LogP contribution in [0.2, 0.25) is 0 Å². The lowest BCUT2D eigenvalue weighted by Crippen LogP contribution is -2.11. The highest BCUT2D eigenvalue weighted by atomic mass is 32.1. The maximum absolute atomic E-state index is 4.88. The number of aromatic nitrogens is 1. The Hall–Kier alpha value is -1.19. The second-order valence-corrected chi connectivity index (χ2v) is 6.77. The maximum Gasteiger partial charge on any atom is 0.0975 e. The van der Waals surface area contributed by atoms with Crippen molar-refractivity contribution in [3.05, 3.63) is 50.5 Å². The molecule has 0 spiro atoms. The Bertz CT molecular complexity index is 587. The first kappa shape index (κ1) is 16.2. The molecule has 0 bridgehead atoms. The van der Waals surface area contributed by atoms with Gasteiger partial charge >= 0.3 is 0 Å². The second-order valence-electron chi connectivity index (χ2n) is 5.60. The molecule has 0 radical (unpaired) electrons. The van der Waals surface area contributed by atoms with Crippen LogP contribution >= 0.6 is 11.3 Å². The van der Waals surface area contributed by atoms with Gasteiger partial charge in [-0.1, -0.05) is 38.5 Å². The average molecular weight is 302 g/mol. The fraction of sp³-hybridized carbons (Fsp3) is 0.500. The molecule has 0 atom stereocenters. The molecule has 1 heterocycles. The van der Waals surface area contributed by atoms with Gasteiger partial charge in [0.15, 0.2) is 0 Å². The summed E-state index contributed by atoms with van der Waals surface area (Å²) in [4.78, 5) is 6.29. The lowest BCUT2D eigenvalue weighted by Gasteiger charge is -2.03. The Morgan fingerprint density at radius 2 is 1.95 bits per heavy atom. The molecule has 0 aliphatic heterocycles. The smallest absolute Gasteiger partial charge is 0.0975 e. The summed E-state index contributed by atoms with van der Waals surface area (Å²) in [6, 6.07) is 6.73. The summed E-state index contributed by atoms with van der Waals surface area (Å²) in [5, 5.41) is 4.67. The van der Waals surface area contributed by atoms with E-state index in [1.54, 1.807) is 0 Å². The zero-order chi connectivity index (χ0) is 15.2. The SMILES string of the molecule is CCCc1nc(Cc2ccc(C)c(C)c2)sc1CNCC. The molecule has 2 rings (SSSR count). The van der Waals surface area contributed by atoms with E-state index in [2.05, 4.69) is 51.2 Å². The molecule has 0 amide bonds. The van der Waals surface area contributed by atoms with Crippen molar-refractivity contribution in [2.75, 3.05) is 6.54 Å². The molecule has 3 heteroatoms. The summed E-state index contributed by atoms with van der Waals surface area (Å²) in [6.07, 6.45) is 3.20. The minimum absolute atomic E-state index is 0.953. The van der Waals surface area contributed by atoms with Gasteiger partial charge in [-0.15, -0.1) is 11.3 Å². The van der Waals surface area contributed by atoms with Crippen LogP contribution in [0, 0.1) is 13.8 Å². The van der Waals surface area contributed by atoms with Crippen LogP contribution in [0.4, 0.5) is 0 Å². The van der Waals surface area contributed by atoms with E-state index in [9.17, 15) is 0 Å². The molecular formula is C18H26N2S. The maximum atomic E-state index is 4.88. The van der Waals surface area contributed by atoms with Gasteiger partial charge < -0.3 is 5.32 Å². The Morgan fingerprint density at radius 1 is 1.14 bits per heavy atom. The molecule has 0 aliphatic carbocycles. The van der Waals surface area contributed by atoms with E-state index in [-0.39, 0.29) is 0 Å². The lowest BCUT2D eigenvalue weighted by molar-refractivity contribution is 0.723. The van der Waals surface area contributed by atoms with E-state index in [4.69, 9.17) is 4.98 Å². The zero-order valence-corrected chi connectivity index (χ0v) is 14.4. The van der Waals surface area contributed by atoms with Gasteiger partial charge in [0, 0.05) is 17.8 Å². The van der Waals surface area contributed by atoms with Crippen LogP contribution in [0.5, 0.6) is 0 Å². The summed E-state index contributed by atoms with van der Waals surface area (Å²) >= 11 is 1.87. The van der Waals surface area contributed by atoms with Crippen molar-refractivity contribution in [3.63, 3.8) is 0 Å². The van der Waals surface area contributed by atoms with Gasteiger partial charge in [-0.05, 0) is 43.5 Å². The van der Waals surface area contributed by atoms with Crippen molar-refractivity contribution in [1.29, 1.82) is 0 Å². The highest BCUT2D eigenvalue weighted by Gasteiger charge is 2.11. The topological polar surface area (TPSA) is 24.9 Å². The fourth-order valence-corrected chi connectivity index (χ4v) is 3.53. The minimum Gasteiger partial charge on any atom is -0.312 e. The molecule has 1 N–H and O–H groups in total. The van der Waals surface area contributed by atoms with Gasteiger partial charge in [0.25, 0.3) is 0 Å². The van der Waals surface area contributed by atoms with Crippen molar-refractivity contribution >= 4 is 11.3 Å². The number of hydrogen-bond acceptors (Lipinski definition) is 3. The Balaban J connectivity index is 2.16. The molecule has 0 fully saturated rings. The molecule has 0 saturated carbocycles. The fourth-order valence-electron chi connectivity index (χ4n) is 2.41. The Morgan fingerprint density at radius 3 is 2.62 bits per heavy atom. The lowest BCUT2D eigenvalue weighted by atomic mass is 10.0. The number of aryl methyl sites for hydroxylation is 3. The van der Waals surface area contributed by atoms with Crippen LogP contribution in [0.25, 0.3) is 0 Å². The average Bonchev–Trinajstić information content (AvgIpc) is 2.83. The molecule has 0 unspecified atom stereocenters. The summed E-state index contributed by atoms with van der Waals surface area (Å²) in [5.41, 5.74) is 5.38. The van der Waals surface area contributed by atoms with Crippen molar-refractivity contribution in [2.45, 2.75) is 53.5 Å². The third-order valence-electron chi connectivity index (χ3n) is 3.77. The molecule has 1 aromatic heterocycles. The summed E-state index contributed by atoms with van der Waals surface area (Å²) in [6.45, 7) is 10.7. The van der Waals surface area contributed by atoms with E-state index < -0.39 is 0 Å². The van der Waals surface area contributed by atoms with Gasteiger partial charge in [0.2, 0.25) is 0 Å². The van der Waals surface area contributed by atoms with E-state index in [1.807, 2.05) is 11.3 Å². The van der Waals surface area contributed by atoms with E-state index in [1.165, 1.54) is 32.3 Å². The monoisotopic (exact) mass is 302 g/mol. The normalized spacial score (nSPS) is 11.0. The number of thiazole rings is 1. The molecule has 2 nitrogen and oxygen atoms in total. The van der Waals surface area contributed by atoms with E-state index >= 15 is 0 Å². The zero-order valence-electron chi connectivity index (χ0n) is 13.6. The van der Waals surface area contributed by atoms with Crippen molar-refractivity contribution < 1.29 is 0 Å². The van der Waals surface area contributed by atoms with Gasteiger partial charge in [0.05, 0.1) is 10.7 Å². The first-order valence-electron chi connectivity index (χ1n) is 7.88. The van der Waals surface area contributed by atoms with Crippen LogP contribution < -0.4 is 5.32 Å². The molecule has 0 saturated heterocycles. The number of rotatable bonds is 7. The van der Waals surface area contributed by atoms with Crippen LogP contribution in [0.15, 0.2) is 18.2 Å². The van der Waals surface area contributed by atoms with Gasteiger partial charge in [-0.3, -0.25) is 0 Å². The molecular weight excluding hydrogens is 276 g/mol. The minimum atomic E-state index is 0.953. The van der Waals surface area contributed by atoms with E-state index in [0.29, 0.717) is 0 Å². The Labute approximate surface area is 132 Å². The molecule has 0 aliphatic rings. The predicted octanol–water partition coefficient (Wildman–Crippen LogP) is 4.41. The van der Waals surface area contributed by atoms with Crippen LogP contribution in [0.3, 0.4) is 0 Å². The number of hydrogen-bond donors (Lipinski definition) is 1. The summed E-state index contributed by atoms with van der Waals surface area (Å²) < 4.78 is 0. The highest BCUT2D eigenvalue weighted by molar-refractivity contribution is 7.11. The molecule has 21 heavy (non-hydrogen) atoms. The third-order valence-corrected chi connectivity index (χ3v) is 4.87.